The van der Waals surface area contributed by atoms with E-state index in [1.165, 1.54) is 6.42 Å². The molecule has 2 atom stereocenters. The molecule has 7 heteroatoms. The third-order valence-corrected chi connectivity index (χ3v) is 3.16. The lowest BCUT2D eigenvalue weighted by Crippen LogP contribution is -2.40. The summed E-state index contributed by atoms with van der Waals surface area (Å²) in [7, 11) is 0. The average molecular weight is 266 g/mol. The summed E-state index contributed by atoms with van der Waals surface area (Å²) in [6, 6.07) is 0.311. The van der Waals surface area contributed by atoms with Crippen molar-refractivity contribution in [3.8, 4) is 6.01 Å². The fourth-order valence-corrected chi connectivity index (χ4v) is 2.57. The van der Waals surface area contributed by atoms with E-state index < -0.39 is 0 Å². The number of nitrogens with two attached hydrogens (primary N) is 1. The third kappa shape index (κ3) is 3.44. The highest BCUT2D eigenvalue weighted by Gasteiger charge is 2.24. The zero-order valence-corrected chi connectivity index (χ0v) is 11.8. The molecule has 1 aliphatic heterocycles. The van der Waals surface area contributed by atoms with Crippen LogP contribution in [-0.2, 0) is 0 Å². The summed E-state index contributed by atoms with van der Waals surface area (Å²) in [5.74, 6) is 7.61. The molecule has 1 aromatic heterocycles. The molecule has 106 valence electrons. The van der Waals surface area contributed by atoms with Crippen molar-refractivity contribution in [3.63, 3.8) is 0 Å². The normalized spacial score (nSPS) is 23.3. The monoisotopic (exact) mass is 266 g/mol. The first kappa shape index (κ1) is 13.8. The zero-order chi connectivity index (χ0) is 13.8. The minimum Gasteiger partial charge on any atom is -0.464 e. The summed E-state index contributed by atoms with van der Waals surface area (Å²) in [5, 5.41) is 0. The molecule has 19 heavy (non-hydrogen) atoms. The number of nitrogens with zero attached hydrogens (tertiary/aromatic N) is 4. The first-order chi connectivity index (χ1) is 9.12. The maximum absolute atomic E-state index is 5.39. The van der Waals surface area contributed by atoms with Crippen LogP contribution in [-0.4, -0.2) is 34.6 Å². The van der Waals surface area contributed by atoms with Crippen molar-refractivity contribution >= 4 is 11.9 Å². The fourth-order valence-electron chi connectivity index (χ4n) is 2.57. The largest absolute Gasteiger partial charge is 0.464 e. The molecule has 0 radical (unpaired) electrons. The topological polar surface area (TPSA) is 89.2 Å². The molecule has 2 heterocycles. The van der Waals surface area contributed by atoms with Gasteiger partial charge in [0.1, 0.15) is 0 Å². The molecular formula is C12H22N6O. The number of nitrogens with one attached hydrogen (secondary N) is 1. The molecule has 2 rings (SSSR count). The van der Waals surface area contributed by atoms with Gasteiger partial charge < -0.3 is 9.64 Å². The van der Waals surface area contributed by atoms with Gasteiger partial charge in [-0.15, -0.1) is 0 Å². The highest BCUT2D eigenvalue weighted by atomic mass is 16.5. The van der Waals surface area contributed by atoms with Gasteiger partial charge in [-0.25, -0.2) is 5.84 Å². The number of anilines is 2. The minimum absolute atomic E-state index is 0.311. The van der Waals surface area contributed by atoms with Gasteiger partial charge in [-0.3, -0.25) is 5.43 Å². The molecule has 1 aromatic rings. The Morgan fingerprint density at radius 1 is 1.26 bits per heavy atom. The SMILES string of the molecule is CCOc1nc(NN)nc(N2CC(C)CC(C)C2)n1. The molecule has 2 unspecified atom stereocenters. The van der Waals surface area contributed by atoms with Crippen LogP contribution < -0.4 is 20.9 Å². The lowest BCUT2D eigenvalue weighted by Gasteiger charge is -2.34. The molecule has 0 aliphatic carbocycles. The molecule has 7 nitrogen and oxygen atoms in total. The fraction of sp³-hybridized carbons (Fsp3) is 0.750. The standard InChI is InChI=1S/C12H22N6O/c1-4-19-12-15-10(17-13)14-11(16-12)18-6-8(2)5-9(3)7-18/h8-9H,4-7,13H2,1-3H3,(H,14,15,16,17). The summed E-state index contributed by atoms with van der Waals surface area (Å²) in [4.78, 5) is 14.9. The van der Waals surface area contributed by atoms with Gasteiger partial charge in [0, 0.05) is 13.1 Å². The van der Waals surface area contributed by atoms with Crippen LogP contribution in [0.5, 0.6) is 6.01 Å². The summed E-state index contributed by atoms with van der Waals surface area (Å²) >= 11 is 0. The number of aromatic nitrogens is 3. The zero-order valence-electron chi connectivity index (χ0n) is 11.8. The van der Waals surface area contributed by atoms with E-state index in [-0.39, 0.29) is 0 Å². The van der Waals surface area contributed by atoms with Crippen LogP contribution in [0.4, 0.5) is 11.9 Å². The number of hydrogen-bond donors (Lipinski definition) is 2. The van der Waals surface area contributed by atoms with Crippen LogP contribution in [0.15, 0.2) is 0 Å². The van der Waals surface area contributed by atoms with Gasteiger partial charge in [-0.1, -0.05) is 13.8 Å². The smallest absolute Gasteiger partial charge is 0.323 e. The van der Waals surface area contributed by atoms with Crippen LogP contribution in [0.2, 0.25) is 0 Å². The van der Waals surface area contributed by atoms with Crippen molar-refractivity contribution in [2.45, 2.75) is 27.2 Å². The molecule has 1 saturated heterocycles. The van der Waals surface area contributed by atoms with Gasteiger partial charge in [-0.05, 0) is 25.2 Å². The van der Waals surface area contributed by atoms with E-state index in [0.29, 0.717) is 36.3 Å². The van der Waals surface area contributed by atoms with Gasteiger partial charge in [0.15, 0.2) is 0 Å². The maximum Gasteiger partial charge on any atom is 0.323 e. The van der Waals surface area contributed by atoms with Crippen molar-refractivity contribution in [3.05, 3.63) is 0 Å². The van der Waals surface area contributed by atoms with Gasteiger partial charge in [0.25, 0.3) is 0 Å². The van der Waals surface area contributed by atoms with E-state index >= 15 is 0 Å². The van der Waals surface area contributed by atoms with Crippen LogP contribution in [0.1, 0.15) is 27.2 Å². The number of nitrogen functional groups attached to an aromatic ring is 1. The van der Waals surface area contributed by atoms with E-state index in [9.17, 15) is 0 Å². The van der Waals surface area contributed by atoms with Crippen LogP contribution in [0, 0.1) is 11.8 Å². The van der Waals surface area contributed by atoms with Crippen molar-refractivity contribution in [2.75, 3.05) is 30.0 Å². The van der Waals surface area contributed by atoms with E-state index in [1.54, 1.807) is 0 Å². The molecular weight excluding hydrogens is 244 g/mol. The lowest BCUT2D eigenvalue weighted by atomic mass is 9.92. The molecule has 0 spiro atoms. The third-order valence-electron chi connectivity index (χ3n) is 3.16. The number of rotatable bonds is 4. The predicted octanol–water partition coefficient (Wildman–Crippen LogP) is 1.04. The maximum atomic E-state index is 5.39. The Bertz CT molecular complexity index is 417. The summed E-state index contributed by atoms with van der Waals surface area (Å²) < 4.78 is 5.35. The summed E-state index contributed by atoms with van der Waals surface area (Å²) in [6.45, 7) is 8.79. The summed E-state index contributed by atoms with van der Waals surface area (Å²) in [6.07, 6.45) is 1.24. The van der Waals surface area contributed by atoms with Gasteiger partial charge >= 0.3 is 6.01 Å². The first-order valence-corrected chi connectivity index (χ1v) is 6.72. The Balaban J connectivity index is 2.24. The number of piperidine rings is 1. The Kier molecular flexibility index (Phi) is 4.36. The van der Waals surface area contributed by atoms with Crippen LogP contribution >= 0.6 is 0 Å². The highest BCUT2D eigenvalue weighted by Crippen LogP contribution is 2.25. The number of ether oxygens (including phenoxy) is 1. The Labute approximate surface area is 113 Å². The van der Waals surface area contributed by atoms with Gasteiger partial charge in [0.05, 0.1) is 6.61 Å². The molecule has 0 saturated carbocycles. The van der Waals surface area contributed by atoms with Gasteiger partial charge in [-0.2, -0.15) is 15.0 Å². The van der Waals surface area contributed by atoms with Crippen molar-refractivity contribution in [2.24, 2.45) is 17.7 Å². The Morgan fingerprint density at radius 2 is 1.95 bits per heavy atom. The predicted molar refractivity (Wildman–Crippen MR) is 74.0 cm³/mol. The van der Waals surface area contributed by atoms with E-state index in [1.807, 2.05) is 6.92 Å². The first-order valence-electron chi connectivity index (χ1n) is 6.72. The number of hydrazine groups is 1. The molecule has 0 bridgehead atoms. The second-order valence-electron chi connectivity index (χ2n) is 5.17. The van der Waals surface area contributed by atoms with Gasteiger partial charge in [0.2, 0.25) is 11.9 Å². The van der Waals surface area contributed by atoms with E-state index in [0.717, 1.165) is 13.1 Å². The highest BCUT2D eigenvalue weighted by molar-refractivity contribution is 5.38. The van der Waals surface area contributed by atoms with Crippen molar-refractivity contribution in [1.29, 1.82) is 0 Å². The van der Waals surface area contributed by atoms with Crippen LogP contribution in [0.25, 0.3) is 0 Å². The van der Waals surface area contributed by atoms with Crippen LogP contribution in [0.3, 0.4) is 0 Å². The quantitative estimate of drug-likeness (QED) is 0.621. The Morgan fingerprint density at radius 3 is 2.53 bits per heavy atom. The number of hydrogen-bond acceptors (Lipinski definition) is 7. The van der Waals surface area contributed by atoms with E-state index in [2.05, 4.69) is 39.1 Å². The second kappa shape index (κ2) is 6.01. The Hall–Kier alpha value is -1.63. The molecule has 1 aliphatic rings. The second-order valence-corrected chi connectivity index (χ2v) is 5.17. The lowest BCUT2D eigenvalue weighted by molar-refractivity contribution is 0.309. The molecule has 0 amide bonds. The van der Waals surface area contributed by atoms with Crippen molar-refractivity contribution in [1.82, 2.24) is 15.0 Å². The average Bonchev–Trinajstić information content (AvgIpc) is 2.37. The molecule has 3 N–H and O–H groups in total. The summed E-state index contributed by atoms with van der Waals surface area (Å²) in [5.41, 5.74) is 2.46. The molecule has 0 aromatic carbocycles. The van der Waals surface area contributed by atoms with Crippen molar-refractivity contribution < 1.29 is 4.74 Å². The minimum atomic E-state index is 0.311. The van der Waals surface area contributed by atoms with E-state index in [4.69, 9.17) is 10.6 Å². The molecule has 1 fully saturated rings.